The Bertz CT molecular complexity index is 778. The van der Waals surface area contributed by atoms with Crippen molar-refractivity contribution in [2.24, 2.45) is 5.41 Å². The van der Waals surface area contributed by atoms with E-state index in [0.717, 1.165) is 22.1 Å². The number of esters is 1. The fourth-order valence-electron chi connectivity index (χ4n) is 3.18. The van der Waals surface area contributed by atoms with Gasteiger partial charge in [0.1, 0.15) is 11.2 Å². The molecule has 1 aliphatic carbocycles. The van der Waals surface area contributed by atoms with E-state index < -0.39 is 11.4 Å². The normalized spacial score (nSPS) is 20.6. The number of Topliss-reactive ketones (excluding diaryl/α,β-unsaturated/α-hetero) is 1. The van der Waals surface area contributed by atoms with Crippen LogP contribution in [0.4, 0.5) is 0 Å². The molecule has 0 saturated carbocycles. The topological polar surface area (TPSA) is 52.6 Å². The number of rotatable bonds is 2. The van der Waals surface area contributed by atoms with Gasteiger partial charge in [0, 0.05) is 5.56 Å². The van der Waals surface area contributed by atoms with E-state index in [1.807, 2.05) is 30.3 Å². The zero-order valence-electron chi connectivity index (χ0n) is 12.9. The maximum absolute atomic E-state index is 12.8. The molecule has 0 amide bonds. The first-order valence-electron chi connectivity index (χ1n) is 7.24. The Kier molecular flexibility index (Phi) is 3.39. The minimum absolute atomic E-state index is 0.162. The molecule has 0 aliphatic heterocycles. The van der Waals surface area contributed by atoms with Crippen molar-refractivity contribution >= 4 is 22.5 Å². The zero-order chi connectivity index (χ0) is 15.9. The summed E-state index contributed by atoms with van der Waals surface area (Å²) in [5.41, 5.74) is 0.511. The largest absolute Gasteiger partial charge is 0.497 e. The maximum atomic E-state index is 12.8. The first-order valence-corrected chi connectivity index (χ1v) is 7.24. The smallest absolute Gasteiger partial charge is 0.319 e. The number of ketones is 1. The molecule has 4 nitrogen and oxygen atoms in total. The summed E-state index contributed by atoms with van der Waals surface area (Å²) in [7, 11) is 2.94. The van der Waals surface area contributed by atoms with Crippen LogP contribution in [0.15, 0.2) is 30.3 Å². The van der Waals surface area contributed by atoms with Crippen molar-refractivity contribution in [3.05, 3.63) is 41.5 Å². The average molecular weight is 298 g/mol. The van der Waals surface area contributed by atoms with Gasteiger partial charge >= 0.3 is 5.97 Å². The summed E-state index contributed by atoms with van der Waals surface area (Å²) in [6, 6.07) is 9.55. The lowest BCUT2D eigenvalue weighted by molar-refractivity contribution is -0.149. The van der Waals surface area contributed by atoms with Gasteiger partial charge in [-0.25, -0.2) is 0 Å². The monoisotopic (exact) mass is 298 g/mol. The summed E-state index contributed by atoms with van der Waals surface area (Å²) in [5.74, 6) is 0.133. The highest BCUT2D eigenvalue weighted by atomic mass is 16.5. The summed E-state index contributed by atoms with van der Waals surface area (Å²) in [4.78, 5) is 24.8. The Morgan fingerprint density at radius 2 is 1.91 bits per heavy atom. The summed E-state index contributed by atoms with van der Waals surface area (Å²) in [6.07, 6.45) is 1.12. The Morgan fingerprint density at radius 3 is 2.59 bits per heavy atom. The first-order chi connectivity index (χ1) is 10.5. The Balaban J connectivity index is 2.18. The van der Waals surface area contributed by atoms with Gasteiger partial charge in [0.2, 0.25) is 0 Å². The van der Waals surface area contributed by atoms with Crippen LogP contribution in [0.25, 0.3) is 10.8 Å². The Hall–Kier alpha value is -2.36. The third-order valence-electron chi connectivity index (χ3n) is 4.60. The van der Waals surface area contributed by atoms with Gasteiger partial charge in [-0.1, -0.05) is 18.2 Å². The van der Waals surface area contributed by atoms with Crippen molar-refractivity contribution in [1.82, 2.24) is 0 Å². The first kappa shape index (κ1) is 14.6. The van der Waals surface area contributed by atoms with Gasteiger partial charge in [-0.05, 0) is 48.2 Å². The number of carbonyl (C=O) groups is 2. The molecular weight excluding hydrogens is 280 g/mol. The lowest BCUT2D eigenvalue weighted by atomic mass is 9.71. The van der Waals surface area contributed by atoms with Crippen molar-refractivity contribution in [2.75, 3.05) is 14.2 Å². The minimum atomic E-state index is -1.09. The molecule has 0 aromatic heterocycles. The fourth-order valence-corrected chi connectivity index (χ4v) is 3.18. The van der Waals surface area contributed by atoms with Crippen LogP contribution in [0.2, 0.25) is 0 Å². The van der Waals surface area contributed by atoms with Gasteiger partial charge in [0.05, 0.1) is 14.2 Å². The molecule has 0 radical (unpaired) electrons. The van der Waals surface area contributed by atoms with Gasteiger partial charge in [-0.3, -0.25) is 9.59 Å². The molecule has 0 N–H and O–H groups in total. The fraction of sp³-hybridized carbons (Fsp3) is 0.333. The van der Waals surface area contributed by atoms with Crippen molar-refractivity contribution in [2.45, 2.75) is 19.8 Å². The van der Waals surface area contributed by atoms with Gasteiger partial charge in [-0.2, -0.15) is 0 Å². The van der Waals surface area contributed by atoms with Gasteiger partial charge in [-0.15, -0.1) is 0 Å². The van der Waals surface area contributed by atoms with Gasteiger partial charge < -0.3 is 9.47 Å². The van der Waals surface area contributed by atoms with E-state index in [1.54, 1.807) is 14.0 Å². The molecule has 2 aromatic carbocycles. The number of fused-ring (bicyclic) bond motifs is 3. The molecule has 114 valence electrons. The van der Waals surface area contributed by atoms with E-state index in [0.29, 0.717) is 18.4 Å². The highest BCUT2D eigenvalue weighted by Crippen LogP contribution is 2.39. The number of methoxy groups -OCH3 is 2. The van der Waals surface area contributed by atoms with Crippen LogP contribution in [0.1, 0.15) is 29.3 Å². The number of ether oxygens (including phenoxy) is 2. The third-order valence-corrected chi connectivity index (χ3v) is 4.60. The van der Waals surface area contributed by atoms with Crippen molar-refractivity contribution in [3.63, 3.8) is 0 Å². The lowest BCUT2D eigenvalue weighted by Gasteiger charge is -2.31. The molecule has 3 rings (SSSR count). The van der Waals surface area contributed by atoms with E-state index in [2.05, 4.69) is 0 Å². The summed E-state index contributed by atoms with van der Waals surface area (Å²) in [5, 5.41) is 2.08. The second-order valence-electron chi connectivity index (χ2n) is 5.83. The van der Waals surface area contributed by atoms with Crippen molar-refractivity contribution in [3.8, 4) is 5.75 Å². The lowest BCUT2D eigenvalue weighted by Crippen LogP contribution is -2.41. The van der Waals surface area contributed by atoms with Crippen LogP contribution >= 0.6 is 0 Å². The van der Waals surface area contributed by atoms with Crippen LogP contribution in [0, 0.1) is 5.41 Å². The second kappa shape index (κ2) is 5.13. The molecule has 0 saturated heterocycles. The Morgan fingerprint density at radius 1 is 1.18 bits per heavy atom. The number of benzene rings is 2. The molecule has 0 heterocycles. The number of hydrogen-bond donors (Lipinski definition) is 0. The van der Waals surface area contributed by atoms with Crippen LogP contribution in [0.5, 0.6) is 5.75 Å². The van der Waals surface area contributed by atoms with Gasteiger partial charge in [0.25, 0.3) is 0 Å². The Labute approximate surface area is 129 Å². The molecule has 1 unspecified atom stereocenters. The molecule has 0 spiro atoms. The predicted octanol–water partition coefficient (Wildman–Crippen LogP) is 3.16. The van der Waals surface area contributed by atoms with Crippen LogP contribution < -0.4 is 4.74 Å². The quantitative estimate of drug-likeness (QED) is 0.631. The zero-order valence-corrected chi connectivity index (χ0v) is 12.9. The molecule has 0 bridgehead atoms. The average Bonchev–Trinajstić information content (AvgIpc) is 2.56. The number of aryl methyl sites for hydroxylation is 1. The van der Waals surface area contributed by atoms with Crippen molar-refractivity contribution in [1.29, 1.82) is 0 Å². The molecule has 1 atom stereocenters. The SMILES string of the molecule is COC(=O)C1(C)CCc2c(ccc3ccc(OC)cc23)C1=O. The second-order valence-corrected chi connectivity index (χ2v) is 5.83. The molecule has 0 fully saturated rings. The highest BCUT2D eigenvalue weighted by molar-refractivity contribution is 6.15. The maximum Gasteiger partial charge on any atom is 0.319 e. The summed E-state index contributed by atoms with van der Waals surface area (Å²) >= 11 is 0. The van der Waals surface area contributed by atoms with E-state index in [-0.39, 0.29) is 5.78 Å². The van der Waals surface area contributed by atoms with Crippen LogP contribution in [0.3, 0.4) is 0 Å². The van der Waals surface area contributed by atoms with E-state index in [9.17, 15) is 9.59 Å². The van der Waals surface area contributed by atoms with Crippen molar-refractivity contribution < 1.29 is 19.1 Å². The number of hydrogen-bond acceptors (Lipinski definition) is 4. The molecule has 2 aromatic rings. The summed E-state index contributed by atoms with van der Waals surface area (Å²) in [6.45, 7) is 1.67. The highest BCUT2D eigenvalue weighted by Gasteiger charge is 2.46. The predicted molar refractivity (Wildman–Crippen MR) is 83.3 cm³/mol. The number of carbonyl (C=O) groups excluding carboxylic acids is 2. The summed E-state index contributed by atoms with van der Waals surface area (Å²) < 4.78 is 10.1. The van der Waals surface area contributed by atoms with Crippen LogP contribution in [-0.2, 0) is 16.0 Å². The van der Waals surface area contributed by atoms with E-state index in [1.165, 1.54) is 7.11 Å². The van der Waals surface area contributed by atoms with Crippen LogP contribution in [-0.4, -0.2) is 26.0 Å². The molecule has 4 heteroatoms. The van der Waals surface area contributed by atoms with Gasteiger partial charge in [0.15, 0.2) is 5.78 Å². The third kappa shape index (κ3) is 1.98. The minimum Gasteiger partial charge on any atom is -0.497 e. The molecule has 1 aliphatic rings. The molecular formula is C18H18O4. The standard InChI is InChI=1S/C18H18O4/c1-18(17(20)22-3)9-8-13-14(16(18)19)7-5-11-4-6-12(21-2)10-15(11)13/h4-7,10H,8-9H2,1-3H3. The molecule has 22 heavy (non-hydrogen) atoms. The van der Waals surface area contributed by atoms with E-state index >= 15 is 0 Å². The van der Waals surface area contributed by atoms with E-state index in [4.69, 9.17) is 9.47 Å².